The third-order valence-electron chi connectivity index (χ3n) is 8.25. The Balaban J connectivity index is 1.18. The van der Waals surface area contributed by atoms with Gasteiger partial charge in [0.25, 0.3) is 0 Å². The van der Waals surface area contributed by atoms with Crippen molar-refractivity contribution < 1.29 is 0 Å². The summed E-state index contributed by atoms with van der Waals surface area (Å²) in [6, 6.07) is 54.7. The van der Waals surface area contributed by atoms with Gasteiger partial charge in [-0.1, -0.05) is 140 Å². The summed E-state index contributed by atoms with van der Waals surface area (Å²) in [5.74, 6) is 0. The van der Waals surface area contributed by atoms with Gasteiger partial charge in [-0.3, -0.25) is 0 Å². The van der Waals surface area contributed by atoms with Crippen molar-refractivity contribution in [2.24, 2.45) is 0 Å². The number of fused-ring (bicyclic) bond motifs is 3. The van der Waals surface area contributed by atoms with Crippen molar-refractivity contribution in [1.82, 2.24) is 0 Å². The molecule has 0 saturated heterocycles. The Hall–Kier alpha value is -5.18. The summed E-state index contributed by atoms with van der Waals surface area (Å²) in [7, 11) is 0. The number of allylic oxidation sites excluding steroid dienone is 4. The van der Waals surface area contributed by atoms with Crippen LogP contribution in [0.4, 0.5) is 17.1 Å². The zero-order valence-electron chi connectivity index (χ0n) is 25.4. The lowest BCUT2D eigenvalue weighted by atomic mass is 9.99. The van der Waals surface area contributed by atoms with Crippen LogP contribution in [0.3, 0.4) is 0 Å². The van der Waals surface area contributed by atoms with Gasteiger partial charge in [0.1, 0.15) is 0 Å². The smallest absolute Gasteiger partial charge is 0.0640 e. The van der Waals surface area contributed by atoms with Crippen LogP contribution in [0.15, 0.2) is 170 Å². The SMILES string of the molecule is CC/C=C\C(=C/Cc1ccc(-c2ccc(N(c3ccccc3)c3cccc4c3sc3ccccc34)cc2)cc1)c1ccccc1. The molecule has 0 N–H and O–H groups in total. The Kier molecular flexibility index (Phi) is 8.39. The first kappa shape index (κ1) is 28.6. The highest BCUT2D eigenvalue weighted by Crippen LogP contribution is 2.44. The topological polar surface area (TPSA) is 3.24 Å². The molecule has 2 heteroatoms. The minimum Gasteiger partial charge on any atom is -0.309 e. The van der Waals surface area contributed by atoms with Crippen LogP contribution in [0.2, 0.25) is 0 Å². The molecule has 0 saturated carbocycles. The van der Waals surface area contributed by atoms with Crippen molar-refractivity contribution in [1.29, 1.82) is 0 Å². The zero-order valence-corrected chi connectivity index (χ0v) is 26.3. The average molecular weight is 598 g/mol. The molecule has 1 heterocycles. The Morgan fingerprint density at radius 1 is 0.600 bits per heavy atom. The normalized spacial score (nSPS) is 11.9. The molecule has 0 aliphatic carbocycles. The van der Waals surface area contributed by atoms with E-state index in [4.69, 9.17) is 0 Å². The maximum Gasteiger partial charge on any atom is 0.0640 e. The summed E-state index contributed by atoms with van der Waals surface area (Å²) in [6.07, 6.45) is 8.73. The Labute approximate surface area is 270 Å². The lowest BCUT2D eigenvalue weighted by Crippen LogP contribution is -2.09. The van der Waals surface area contributed by atoms with Gasteiger partial charge in [0.15, 0.2) is 0 Å². The molecule has 0 bridgehead atoms. The van der Waals surface area contributed by atoms with Gasteiger partial charge >= 0.3 is 0 Å². The van der Waals surface area contributed by atoms with E-state index in [1.165, 1.54) is 53.7 Å². The number of rotatable bonds is 9. The minimum absolute atomic E-state index is 0.896. The zero-order chi connectivity index (χ0) is 30.4. The van der Waals surface area contributed by atoms with Crippen LogP contribution in [-0.4, -0.2) is 0 Å². The molecule has 218 valence electrons. The number of nitrogens with zero attached hydrogens (tertiary/aromatic N) is 1. The molecule has 7 aromatic rings. The summed E-state index contributed by atoms with van der Waals surface area (Å²) in [5.41, 5.74) is 9.76. The van der Waals surface area contributed by atoms with E-state index in [2.05, 4.69) is 182 Å². The highest BCUT2D eigenvalue weighted by Gasteiger charge is 2.17. The van der Waals surface area contributed by atoms with E-state index >= 15 is 0 Å². The molecular weight excluding hydrogens is 563 g/mol. The summed E-state index contributed by atoms with van der Waals surface area (Å²) in [4.78, 5) is 2.38. The van der Waals surface area contributed by atoms with Gasteiger partial charge in [-0.25, -0.2) is 0 Å². The quantitative estimate of drug-likeness (QED) is 0.150. The minimum atomic E-state index is 0.896. The maximum absolute atomic E-state index is 2.38. The van der Waals surface area contributed by atoms with Crippen molar-refractivity contribution in [3.8, 4) is 11.1 Å². The molecule has 0 spiro atoms. The molecule has 0 unspecified atom stereocenters. The highest BCUT2D eigenvalue weighted by atomic mass is 32.1. The van der Waals surface area contributed by atoms with Crippen LogP contribution in [0.1, 0.15) is 24.5 Å². The summed E-state index contributed by atoms with van der Waals surface area (Å²) in [5, 5.41) is 2.62. The third kappa shape index (κ3) is 6.11. The Morgan fingerprint density at radius 3 is 1.96 bits per heavy atom. The van der Waals surface area contributed by atoms with E-state index in [9.17, 15) is 0 Å². The fourth-order valence-electron chi connectivity index (χ4n) is 5.93. The lowest BCUT2D eigenvalue weighted by molar-refractivity contribution is 1.22. The van der Waals surface area contributed by atoms with Gasteiger partial charge in [0.2, 0.25) is 0 Å². The van der Waals surface area contributed by atoms with Crippen molar-refractivity contribution >= 4 is 54.1 Å². The second-order valence-electron chi connectivity index (χ2n) is 11.2. The van der Waals surface area contributed by atoms with E-state index in [-0.39, 0.29) is 0 Å². The fourth-order valence-corrected chi connectivity index (χ4v) is 7.14. The third-order valence-corrected chi connectivity index (χ3v) is 9.46. The number of anilines is 3. The largest absolute Gasteiger partial charge is 0.309 e. The number of benzene rings is 6. The van der Waals surface area contributed by atoms with Gasteiger partial charge in [-0.15, -0.1) is 11.3 Å². The van der Waals surface area contributed by atoms with Crippen molar-refractivity contribution in [3.05, 3.63) is 181 Å². The average Bonchev–Trinajstić information content (AvgIpc) is 3.50. The molecule has 0 aliphatic heterocycles. The molecular formula is C43H35NS. The number of para-hydroxylation sites is 1. The van der Waals surface area contributed by atoms with Crippen molar-refractivity contribution in [3.63, 3.8) is 0 Å². The molecule has 0 aliphatic rings. The standard InChI is InChI=1S/C43H35NS/c1-2-3-13-34(33-14-6-4-7-15-33)25-22-32-23-26-35(27-24-32)36-28-30-38(31-29-36)44(37-16-8-5-9-17-37)41-20-12-19-40-39-18-10-11-21-42(39)45-43(40)41/h3-21,23-31H,2,22H2,1H3/b13-3-,34-25+. The molecule has 45 heavy (non-hydrogen) atoms. The number of hydrogen-bond donors (Lipinski definition) is 0. The second-order valence-corrected chi connectivity index (χ2v) is 12.3. The summed E-state index contributed by atoms with van der Waals surface area (Å²) >= 11 is 1.87. The first-order valence-electron chi connectivity index (χ1n) is 15.7. The lowest BCUT2D eigenvalue weighted by Gasteiger charge is -2.26. The number of thiophene rings is 1. The van der Waals surface area contributed by atoms with Gasteiger partial charge < -0.3 is 4.90 Å². The highest BCUT2D eigenvalue weighted by molar-refractivity contribution is 7.26. The van der Waals surface area contributed by atoms with E-state index in [0.29, 0.717) is 0 Å². The van der Waals surface area contributed by atoms with Gasteiger partial charge in [0.05, 0.1) is 10.4 Å². The van der Waals surface area contributed by atoms with Crippen LogP contribution in [0, 0.1) is 0 Å². The Morgan fingerprint density at radius 2 is 1.22 bits per heavy atom. The van der Waals surface area contributed by atoms with Gasteiger partial charge in [-0.05, 0) is 77.1 Å². The van der Waals surface area contributed by atoms with Crippen LogP contribution in [0.25, 0.3) is 36.9 Å². The van der Waals surface area contributed by atoms with Crippen molar-refractivity contribution in [2.75, 3.05) is 4.90 Å². The first-order chi connectivity index (χ1) is 22.3. The molecule has 1 nitrogen and oxygen atoms in total. The monoisotopic (exact) mass is 597 g/mol. The van der Waals surface area contributed by atoms with Gasteiger partial charge in [-0.2, -0.15) is 0 Å². The predicted octanol–water partition coefficient (Wildman–Crippen LogP) is 12.8. The van der Waals surface area contributed by atoms with Crippen LogP contribution in [0.5, 0.6) is 0 Å². The molecule has 0 radical (unpaired) electrons. The maximum atomic E-state index is 2.38. The molecule has 7 rings (SSSR count). The van der Waals surface area contributed by atoms with E-state index in [1.54, 1.807) is 0 Å². The first-order valence-corrected chi connectivity index (χ1v) is 16.5. The molecule has 6 aromatic carbocycles. The van der Waals surface area contributed by atoms with E-state index in [0.717, 1.165) is 24.2 Å². The van der Waals surface area contributed by atoms with E-state index in [1.807, 2.05) is 11.3 Å². The molecule has 0 amide bonds. The van der Waals surface area contributed by atoms with E-state index < -0.39 is 0 Å². The summed E-state index contributed by atoms with van der Waals surface area (Å²) in [6.45, 7) is 2.18. The second kappa shape index (κ2) is 13.2. The van der Waals surface area contributed by atoms with Crippen molar-refractivity contribution in [2.45, 2.75) is 19.8 Å². The fraction of sp³-hybridized carbons (Fsp3) is 0.0698. The number of hydrogen-bond acceptors (Lipinski definition) is 2. The molecule has 0 fully saturated rings. The molecule has 1 aromatic heterocycles. The van der Waals surface area contributed by atoms with Crippen LogP contribution >= 0.6 is 11.3 Å². The Bertz CT molecular complexity index is 2080. The van der Waals surface area contributed by atoms with Crippen LogP contribution < -0.4 is 4.90 Å². The van der Waals surface area contributed by atoms with Crippen LogP contribution in [-0.2, 0) is 6.42 Å². The predicted molar refractivity (Wildman–Crippen MR) is 197 cm³/mol. The molecule has 0 atom stereocenters. The summed E-state index contributed by atoms with van der Waals surface area (Å²) < 4.78 is 2.62. The van der Waals surface area contributed by atoms with Gasteiger partial charge in [0, 0.05) is 26.8 Å².